The number of aliphatic hydroxyl groups is 3. The molecule has 2 fully saturated rings. The van der Waals surface area contributed by atoms with Crippen LogP contribution in [0.5, 0.6) is 5.75 Å². The van der Waals surface area contributed by atoms with Gasteiger partial charge in [0.25, 0.3) is 0 Å². The first kappa shape index (κ1) is 21.9. The van der Waals surface area contributed by atoms with Gasteiger partial charge in [0.2, 0.25) is 10.7 Å². The maximum absolute atomic E-state index is 11.7. The number of hydrogen-bond donors (Lipinski definition) is 4. The van der Waals surface area contributed by atoms with Gasteiger partial charge in [-0.1, -0.05) is 18.2 Å². The van der Waals surface area contributed by atoms with E-state index in [1.165, 1.54) is 11.6 Å². The number of amides is 1. The van der Waals surface area contributed by atoms with E-state index >= 15 is 0 Å². The molecule has 1 aromatic carbocycles. The van der Waals surface area contributed by atoms with Crippen molar-refractivity contribution in [1.82, 2.24) is 19.7 Å². The number of rotatable bonds is 7. The van der Waals surface area contributed by atoms with E-state index in [0.717, 1.165) is 12.8 Å². The van der Waals surface area contributed by atoms with Crippen LogP contribution in [0, 0.1) is 4.77 Å². The summed E-state index contributed by atoms with van der Waals surface area (Å²) in [7, 11) is 0. The Morgan fingerprint density at radius 1 is 1.29 bits per heavy atom. The Labute approximate surface area is 184 Å². The lowest BCUT2D eigenvalue weighted by Crippen LogP contribution is -2.62. The highest BCUT2D eigenvalue weighted by Gasteiger charge is 2.47. The molecule has 1 aliphatic carbocycles. The summed E-state index contributed by atoms with van der Waals surface area (Å²) in [6.45, 7) is 0.959. The summed E-state index contributed by atoms with van der Waals surface area (Å²) in [5, 5.41) is 37.6. The molecule has 0 radical (unpaired) electrons. The second kappa shape index (κ2) is 9.05. The Hall–Kier alpha value is -2.31. The van der Waals surface area contributed by atoms with Crippen molar-refractivity contribution in [3.05, 3.63) is 40.9 Å². The smallest absolute Gasteiger partial charge is 0.217 e. The minimum Gasteiger partial charge on any atom is -0.486 e. The number of nitrogens with zero attached hydrogens (tertiary/aromatic N) is 3. The van der Waals surface area contributed by atoms with E-state index in [0.29, 0.717) is 16.3 Å². The van der Waals surface area contributed by atoms with Gasteiger partial charge in [0.1, 0.15) is 36.7 Å². The Bertz CT molecular complexity index is 976. The Balaban J connectivity index is 1.68. The number of ether oxygens (including phenoxy) is 2. The summed E-state index contributed by atoms with van der Waals surface area (Å²) < 4.78 is 15.4. The lowest BCUT2D eigenvalue weighted by Gasteiger charge is -2.42. The van der Waals surface area contributed by atoms with Crippen LogP contribution in [-0.4, -0.2) is 66.5 Å². The van der Waals surface area contributed by atoms with Crippen molar-refractivity contribution in [2.24, 2.45) is 0 Å². The van der Waals surface area contributed by atoms with Gasteiger partial charge in [0.15, 0.2) is 12.1 Å². The zero-order valence-corrected chi connectivity index (χ0v) is 17.8. The van der Waals surface area contributed by atoms with Crippen LogP contribution in [0.15, 0.2) is 30.3 Å². The number of nitrogens with one attached hydrogen (secondary N) is 1. The molecule has 0 bridgehead atoms. The highest BCUT2D eigenvalue weighted by atomic mass is 32.1. The van der Waals surface area contributed by atoms with Crippen molar-refractivity contribution in [2.75, 3.05) is 6.61 Å². The third kappa shape index (κ3) is 4.51. The highest BCUT2D eigenvalue weighted by molar-refractivity contribution is 7.71. The third-order valence-electron chi connectivity index (χ3n) is 5.44. The zero-order valence-electron chi connectivity index (χ0n) is 17.0. The van der Waals surface area contributed by atoms with Crippen molar-refractivity contribution < 1.29 is 29.6 Å². The fourth-order valence-corrected chi connectivity index (χ4v) is 4.16. The summed E-state index contributed by atoms with van der Waals surface area (Å²) in [5.74, 6) is 0.866. The van der Waals surface area contributed by atoms with Crippen molar-refractivity contribution in [3.63, 3.8) is 0 Å². The first-order valence-corrected chi connectivity index (χ1v) is 10.6. The summed E-state index contributed by atoms with van der Waals surface area (Å²) in [5.41, 5.74) is 0. The van der Waals surface area contributed by atoms with Gasteiger partial charge in [-0.15, -0.1) is 0 Å². The number of hydrogen-bond acceptors (Lipinski definition) is 8. The SMILES string of the molecule is CC(=O)N[C@@H]1[C@@H](O)[C@H](O)[C@@H](CO)O[C@H]1n1nc(COc2ccccc2)n(C2CC2)c1=S. The molecule has 2 aromatic rings. The zero-order chi connectivity index (χ0) is 22.1. The van der Waals surface area contributed by atoms with Crippen molar-refractivity contribution in [1.29, 1.82) is 0 Å². The molecule has 1 amide bonds. The van der Waals surface area contributed by atoms with E-state index in [-0.39, 0.29) is 12.6 Å². The number of aromatic nitrogens is 3. The molecule has 1 aliphatic heterocycles. The van der Waals surface area contributed by atoms with E-state index in [9.17, 15) is 20.1 Å². The van der Waals surface area contributed by atoms with Crippen LogP contribution in [0.3, 0.4) is 0 Å². The maximum atomic E-state index is 11.7. The van der Waals surface area contributed by atoms with Crippen LogP contribution in [0.2, 0.25) is 0 Å². The molecule has 168 valence electrons. The molecule has 2 heterocycles. The second-order valence-electron chi connectivity index (χ2n) is 7.80. The third-order valence-corrected chi connectivity index (χ3v) is 5.82. The van der Waals surface area contributed by atoms with E-state index < -0.39 is 43.1 Å². The second-order valence-corrected chi connectivity index (χ2v) is 8.17. The lowest BCUT2D eigenvalue weighted by atomic mass is 9.96. The van der Waals surface area contributed by atoms with Crippen LogP contribution < -0.4 is 10.1 Å². The minimum absolute atomic E-state index is 0.170. The standard InChI is InChI=1S/C20H26N4O6S/c1-11(26)21-16-18(28)17(27)14(9-25)30-19(16)24-20(31)23(12-7-8-12)15(22-24)10-29-13-5-3-2-4-6-13/h2-6,12,14,16-19,25,27-28H,7-10H2,1H3,(H,21,26)/t14-,16-,17-,18-,19-/m1/s1. The maximum Gasteiger partial charge on any atom is 0.217 e. The van der Waals surface area contributed by atoms with Gasteiger partial charge in [-0.05, 0) is 37.2 Å². The molecule has 5 atom stereocenters. The quantitative estimate of drug-likeness (QED) is 0.447. The number of carbonyl (C=O) groups excluding carboxylic acids is 1. The van der Waals surface area contributed by atoms with Gasteiger partial charge in [-0.25, -0.2) is 4.68 Å². The molecule has 11 heteroatoms. The topological polar surface area (TPSA) is 131 Å². The molecule has 4 N–H and O–H groups in total. The summed E-state index contributed by atoms with van der Waals surface area (Å²) in [6, 6.07) is 8.51. The van der Waals surface area contributed by atoms with Gasteiger partial charge in [0, 0.05) is 13.0 Å². The predicted octanol–water partition coefficient (Wildman–Crippen LogP) is 0.444. The van der Waals surface area contributed by atoms with Crippen LogP contribution in [0.4, 0.5) is 0 Å². The minimum atomic E-state index is -1.38. The van der Waals surface area contributed by atoms with Crippen molar-refractivity contribution in [3.8, 4) is 5.75 Å². The van der Waals surface area contributed by atoms with Crippen LogP contribution in [-0.2, 0) is 16.1 Å². The van der Waals surface area contributed by atoms with Gasteiger partial charge in [0.05, 0.1) is 6.61 Å². The normalized spacial score (nSPS) is 28.3. The van der Waals surface area contributed by atoms with Crippen molar-refractivity contribution in [2.45, 2.75) is 63.0 Å². The first-order chi connectivity index (χ1) is 14.9. The molecular weight excluding hydrogens is 424 g/mol. The highest BCUT2D eigenvalue weighted by Crippen LogP contribution is 2.37. The molecule has 10 nitrogen and oxygen atoms in total. The lowest BCUT2D eigenvalue weighted by molar-refractivity contribution is -0.219. The van der Waals surface area contributed by atoms with Crippen LogP contribution >= 0.6 is 12.2 Å². The predicted molar refractivity (Wildman–Crippen MR) is 111 cm³/mol. The van der Waals surface area contributed by atoms with Crippen molar-refractivity contribution >= 4 is 18.1 Å². The summed E-state index contributed by atoms with van der Waals surface area (Å²) >= 11 is 5.66. The van der Waals surface area contributed by atoms with Gasteiger partial charge >= 0.3 is 0 Å². The molecular formula is C20H26N4O6S. The number of benzene rings is 1. The molecule has 31 heavy (non-hydrogen) atoms. The number of aliphatic hydroxyl groups excluding tert-OH is 3. The average molecular weight is 451 g/mol. The van der Waals surface area contributed by atoms with Gasteiger partial charge in [-0.2, -0.15) is 5.10 Å². The number of carbonyl (C=O) groups is 1. The molecule has 2 aliphatic rings. The van der Waals surface area contributed by atoms with Gasteiger partial charge < -0.3 is 30.1 Å². The fraction of sp³-hybridized carbons (Fsp3) is 0.550. The van der Waals surface area contributed by atoms with E-state index in [1.807, 2.05) is 34.9 Å². The van der Waals surface area contributed by atoms with Crippen LogP contribution in [0.25, 0.3) is 0 Å². The van der Waals surface area contributed by atoms with E-state index in [2.05, 4.69) is 10.4 Å². The Kier molecular flexibility index (Phi) is 6.39. The number of para-hydroxylation sites is 1. The Morgan fingerprint density at radius 2 is 2.00 bits per heavy atom. The first-order valence-electron chi connectivity index (χ1n) is 10.2. The molecule has 4 rings (SSSR count). The Morgan fingerprint density at radius 3 is 2.61 bits per heavy atom. The average Bonchev–Trinajstić information content (AvgIpc) is 3.54. The van der Waals surface area contributed by atoms with Gasteiger partial charge in [-0.3, -0.25) is 9.36 Å². The fourth-order valence-electron chi connectivity index (χ4n) is 3.76. The summed E-state index contributed by atoms with van der Waals surface area (Å²) in [4.78, 5) is 11.7. The molecule has 0 spiro atoms. The summed E-state index contributed by atoms with van der Waals surface area (Å²) in [6.07, 6.45) is -2.90. The largest absolute Gasteiger partial charge is 0.486 e. The van der Waals surface area contributed by atoms with E-state index in [4.69, 9.17) is 21.7 Å². The molecule has 0 unspecified atom stereocenters. The molecule has 1 aromatic heterocycles. The monoisotopic (exact) mass is 450 g/mol. The molecule has 1 saturated carbocycles. The molecule has 1 saturated heterocycles. The van der Waals surface area contributed by atoms with Crippen LogP contribution in [0.1, 0.15) is 37.9 Å². The van der Waals surface area contributed by atoms with E-state index in [1.54, 1.807) is 0 Å².